The van der Waals surface area contributed by atoms with Crippen LogP contribution in [0.2, 0.25) is 0 Å². The summed E-state index contributed by atoms with van der Waals surface area (Å²) in [5, 5.41) is -0.475. The van der Waals surface area contributed by atoms with Gasteiger partial charge in [-0.2, -0.15) is 0 Å². The van der Waals surface area contributed by atoms with Gasteiger partial charge in [0, 0.05) is 5.56 Å². The average Bonchev–Trinajstić information content (AvgIpc) is 2.68. The lowest BCUT2D eigenvalue weighted by atomic mass is 10.0. The summed E-state index contributed by atoms with van der Waals surface area (Å²) in [5.74, 6) is -1.44. The van der Waals surface area contributed by atoms with E-state index in [1.54, 1.807) is 12.1 Å². The van der Waals surface area contributed by atoms with Gasteiger partial charge in [0.2, 0.25) is 10.0 Å². The summed E-state index contributed by atoms with van der Waals surface area (Å²) < 4.78 is 41.0. The molecule has 1 heterocycles. The van der Waals surface area contributed by atoms with Crippen molar-refractivity contribution in [3.05, 3.63) is 54.0 Å². The number of benzene rings is 1. The number of halogens is 1. The summed E-state index contributed by atoms with van der Waals surface area (Å²) in [6.07, 6.45) is 3.97. The first kappa shape index (κ1) is 18.7. The Kier molecular flexibility index (Phi) is 5.78. The number of ketones is 1. The van der Waals surface area contributed by atoms with Crippen molar-refractivity contribution in [3.8, 4) is 11.3 Å². The zero-order valence-corrected chi connectivity index (χ0v) is 15.1. The predicted octanol–water partition coefficient (Wildman–Crippen LogP) is 3.32. The Hall–Kier alpha value is -2.12. The fraction of sp³-hybridized carbons (Fsp3) is 0.368. The summed E-state index contributed by atoms with van der Waals surface area (Å²) in [6.45, 7) is -0.485. The zero-order valence-electron chi connectivity index (χ0n) is 14.3. The first-order valence-corrected chi connectivity index (χ1v) is 10.3. The Balaban J connectivity index is 1.73. The number of pyridine rings is 1. The van der Waals surface area contributed by atoms with Crippen molar-refractivity contribution in [3.63, 3.8) is 0 Å². The Bertz CT molecular complexity index is 879. The maximum atomic E-state index is 14.0. The van der Waals surface area contributed by atoms with E-state index in [-0.39, 0.29) is 5.69 Å². The van der Waals surface area contributed by atoms with Crippen LogP contribution in [0.1, 0.15) is 42.6 Å². The van der Waals surface area contributed by atoms with Crippen molar-refractivity contribution in [2.75, 3.05) is 6.54 Å². The third-order valence-corrected chi connectivity index (χ3v) is 6.50. The Morgan fingerprint density at radius 3 is 2.46 bits per heavy atom. The molecule has 26 heavy (non-hydrogen) atoms. The molecule has 138 valence electrons. The highest BCUT2D eigenvalue weighted by Crippen LogP contribution is 2.23. The van der Waals surface area contributed by atoms with Gasteiger partial charge in [0.05, 0.1) is 17.5 Å². The molecular formula is C19H21FN2O3S. The lowest BCUT2D eigenvalue weighted by Gasteiger charge is -2.21. The number of nitrogens with zero attached hydrogens (tertiary/aromatic N) is 1. The van der Waals surface area contributed by atoms with E-state index in [1.165, 1.54) is 12.1 Å². The standard InChI is InChI=1S/C19H21FN2O3S/c20-16-11-12-17(14-7-3-1-4-8-14)22-19(16)18(23)13-21-26(24,25)15-9-5-2-6-10-15/h1,3-4,7-8,11-12,15,21H,2,5-6,9-10,13H2. The molecule has 5 nitrogen and oxygen atoms in total. The molecule has 0 saturated heterocycles. The van der Waals surface area contributed by atoms with Gasteiger partial charge in [0.1, 0.15) is 5.69 Å². The molecule has 0 bridgehead atoms. The summed E-state index contributed by atoms with van der Waals surface area (Å²) in [6, 6.07) is 11.8. The predicted molar refractivity (Wildman–Crippen MR) is 97.8 cm³/mol. The molecule has 0 atom stereocenters. The van der Waals surface area contributed by atoms with E-state index in [9.17, 15) is 17.6 Å². The second-order valence-electron chi connectivity index (χ2n) is 6.44. The number of carbonyl (C=O) groups excluding carboxylic acids is 1. The molecule has 1 fully saturated rings. The minimum atomic E-state index is -3.58. The smallest absolute Gasteiger partial charge is 0.214 e. The average molecular weight is 376 g/mol. The van der Waals surface area contributed by atoms with Crippen LogP contribution in [0.15, 0.2) is 42.5 Å². The number of hydrogen-bond acceptors (Lipinski definition) is 4. The Labute approximate surface area is 152 Å². The highest BCUT2D eigenvalue weighted by molar-refractivity contribution is 7.90. The quantitative estimate of drug-likeness (QED) is 0.785. The normalized spacial score (nSPS) is 15.7. The van der Waals surface area contributed by atoms with Crippen LogP contribution in [-0.4, -0.2) is 31.0 Å². The molecule has 0 spiro atoms. The first-order chi connectivity index (χ1) is 12.5. The van der Waals surface area contributed by atoms with Crippen molar-refractivity contribution >= 4 is 15.8 Å². The highest BCUT2D eigenvalue weighted by atomic mass is 32.2. The third kappa shape index (κ3) is 4.34. The van der Waals surface area contributed by atoms with E-state index in [2.05, 4.69) is 9.71 Å². The van der Waals surface area contributed by atoms with Crippen LogP contribution >= 0.6 is 0 Å². The molecule has 0 radical (unpaired) electrons. The molecule has 0 unspecified atom stereocenters. The number of sulfonamides is 1. The second kappa shape index (κ2) is 8.05. The van der Waals surface area contributed by atoms with Gasteiger partial charge in [-0.1, -0.05) is 49.6 Å². The van der Waals surface area contributed by atoms with E-state index < -0.39 is 33.4 Å². The van der Waals surface area contributed by atoms with Crippen LogP contribution < -0.4 is 4.72 Å². The van der Waals surface area contributed by atoms with Crippen LogP contribution in [0.25, 0.3) is 11.3 Å². The van der Waals surface area contributed by atoms with Crippen LogP contribution in [0.4, 0.5) is 4.39 Å². The third-order valence-electron chi connectivity index (χ3n) is 4.60. The number of carbonyl (C=O) groups is 1. The number of Topliss-reactive ketones (excluding diaryl/α,β-unsaturated/α-hetero) is 1. The maximum Gasteiger partial charge on any atom is 0.214 e. The number of rotatable bonds is 6. The highest BCUT2D eigenvalue weighted by Gasteiger charge is 2.28. The van der Waals surface area contributed by atoms with Gasteiger partial charge in [-0.15, -0.1) is 0 Å². The topological polar surface area (TPSA) is 76.1 Å². The van der Waals surface area contributed by atoms with E-state index >= 15 is 0 Å². The summed E-state index contributed by atoms with van der Waals surface area (Å²) in [4.78, 5) is 16.4. The molecule has 1 aromatic heterocycles. The van der Waals surface area contributed by atoms with Crippen molar-refractivity contribution in [2.45, 2.75) is 37.4 Å². The molecule has 1 aromatic carbocycles. The molecule has 1 saturated carbocycles. The largest absolute Gasteiger partial charge is 0.291 e. The van der Waals surface area contributed by atoms with Crippen LogP contribution in [0, 0.1) is 5.82 Å². The number of aromatic nitrogens is 1. The molecule has 0 aliphatic heterocycles. The minimum absolute atomic E-state index is 0.349. The van der Waals surface area contributed by atoms with Crippen molar-refractivity contribution in [2.24, 2.45) is 0 Å². The number of nitrogens with one attached hydrogen (secondary N) is 1. The van der Waals surface area contributed by atoms with Crippen LogP contribution in [-0.2, 0) is 10.0 Å². The van der Waals surface area contributed by atoms with Gasteiger partial charge in [-0.25, -0.2) is 22.5 Å². The monoisotopic (exact) mass is 376 g/mol. The Morgan fingerprint density at radius 1 is 1.08 bits per heavy atom. The molecule has 3 rings (SSSR count). The van der Waals surface area contributed by atoms with E-state index in [0.29, 0.717) is 18.5 Å². The van der Waals surface area contributed by atoms with Gasteiger partial charge in [-0.3, -0.25) is 4.79 Å². The molecular weight excluding hydrogens is 355 g/mol. The van der Waals surface area contributed by atoms with Crippen molar-refractivity contribution < 1.29 is 17.6 Å². The summed E-state index contributed by atoms with van der Waals surface area (Å²) >= 11 is 0. The van der Waals surface area contributed by atoms with Gasteiger partial charge >= 0.3 is 0 Å². The lowest BCUT2D eigenvalue weighted by Crippen LogP contribution is -2.38. The first-order valence-electron chi connectivity index (χ1n) is 8.71. The molecule has 0 amide bonds. The van der Waals surface area contributed by atoms with E-state index in [0.717, 1.165) is 24.8 Å². The van der Waals surface area contributed by atoms with Crippen molar-refractivity contribution in [1.29, 1.82) is 0 Å². The van der Waals surface area contributed by atoms with Gasteiger partial charge in [-0.05, 0) is 25.0 Å². The maximum absolute atomic E-state index is 14.0. The minimum Gasteiger partial charge on any atom is -0.291 e. The van der Waals surface area contributed by atoms with E-state index in [4.69, 9.17) is 0 Å². The fourth-order valence-corrected chi connectivity index (χ4v) is 4.67. The summed E-state index contributed by atoms with van der Waals surface area (Å²) in [5.41, 5.74) is 0.868. The molecule has 1 aliphatic carbocycles. The van der Waals surface area contributed by atoms with Crippen LogP contribution in [0.3, 0.4) is 0 Å². The molecule has 2 aromatic rings. The van der Waals surface area contributed by atoms with Crippen molar-refractivity contribution in [1.82, 2.24) is 9.71 Å². The van der Waals surface area contributed by atoms with E-state index in [1.807, 2.05) is 18.2 Å². The van der Waals surface area contributed by atoms with Gasteiger partial charge < -0.3 is 0 Å². The summed E-state index contributed by atoms with van der Waals surface area (Å²) in [7, 11) is -3.58. The zero-order chi connectivity index (χ0) is 18.6. The van der Waals surface area contributed by atoms with Gasteiger partial charge in [0.15, 0.2) is 11.6 Å². The molecule has 7 heteroatoms. The van der Waals surface area contributed by atoms with Gasteiger partial charge in [0.25, 0.3) is 0 Å². The lowest BCUT2D eigenvalue weighted by molar-refractivity contribution is 0.0988. The Morgan fingerprint density at radius 2 is 1.77 bits per heavy atom. The molecule has 1 aliphatic rings. The second-order valence-corrected chi connectivity index (χ2v) is 8.49. The number of hydrogen-bond donors (Lipinski definition) is 1. The SMILES string of the molecule is O=C(CNS(=O)(=O)C1CCCCC1)c1nc(-c2ccccc2)ccc1F. The molecule has 1 N–H and O–H groups in total. The fourth-order valence-electron chi connectivity index (χ4n) is 3.15. The van der Waals surface area contributed by atoms with Crippen LogP contribution in [0.5, 0.6) is 0 Å².